The molecule has 5 atom stereocenters. The Hall–Kier alpha value is -2.95. The topological polar surface area (TPSA) is 161 Å². The molecule has 0 saturated carbocycles. The number of benzene rings is 2. The summed E-state index contributed by atoms with van der Waals surface area (Å²) in [7, 11) is 0. The average Bonchev–Trinajstić information content (AvgIpc) is 2.77. The number of aliphatic hydroxyl groups excluding tert-OH is 4. The van der Waals surface area contributed by atoms with Crippen LogP contribution >= 0.6 is 0 Å². The largest absolute Gasteiger partial charge is 0.508 e. The normalized spacial score (nSPS) is 25.9. The van der Waals surface area contributed by atoms with Gasteiger partial charge in [0.15, 0.2) is 5.43 Å². The van der Waals surface area contributed by atoms with Crippen LogP contribution in [-0.2, 0) is 4.74 Å². The zero-order valence-corrected chi connectivity index (χ0v) is 17.4. The number of aliphatic hydroxyl groups is 4. The predicted octanol–water partition coefficient (Wildman–Crippen LogP) is 1.00. The Kier molecular flexibility index (Phi) is 5.70. The Morgan fingerprint density at radius 1 is 0.938 bits per heavy atom. The van der Waals surface area contributed by atoms with Crippen LogP contribution in [0.1, 0.15) is 22.8 Å². The first-order chi connectivity index (χ1) is 15.1. The monoisotopic (exact) mass is 444 g/mol. The van der Waals surface area contributed by atoms with Gasteiger partial charge in [0.1, 0.15) is 58.7 Å². The molecule has 3 aromatic rings. The summed E-state index contributed by atoms with van der Waals surface area (Å²) in [5, 5.41) is 60.6. The molecule has 1 aliphatic rings. The SMILES string of the molecule is Cc1c([C@@H]2O[C@H](CO)[C@@H](O)[C@H](O)[C@H]2O)c(O)c2c(=O)cc(-c3ccc(O)cc3)oc2c1C. The zero-order chi connectivity index (χ0) is 23.3. The van der Waals surface area contributed by atoms with Crippen LogP contribution in [-0.4, -0.2) is 61.7 Å². The average molecular weight is 444 g/mol. The van der Waals surface area contributed by atoms with Gasteiger partial charge in [-0.3, -0.25) is 4.79 Å². The van der Waals surface area contributed by atoms with E-state index in [2.05, 4.69) is 0 Å². The summed E-state index contributed by atoms with van der Waals surface area (Å²) in [4.78, 5) is 13.0. The highest BCUT2D eigenvalue weighted by atomic mass is 16.5. The first kappa shape index (κ1) is 22.3. The Balaban J connectivity index is 1.91. The molecule has 1 saturated heterocycles. The maximum absolute atomic E-state index is 13.0. The van der Waals surface area contributed by atoms with Gasteiger partial charge in [-0.05, 0) is 49.2 Å². The van der Waals surface area contributed by atoms with Crippen molar-refractivity contribution in [2.45, 2.75) is 44.4 Å². The summed E-state index contributed by atoms with van der Waals surface area (Å²) in [5.41, 5.74) is 1.17. The zero-order valence-electron chi connectivity index (χ0n) is 17.4. The smallest absolute Gasteiger partial charge is 0.197 e. The third-order valence-corrected chi connectivity index (χ3v) is 6.08. The molecule has 0 aliphatic carbocycles. The number of hydrogen-bond donors (Lipinski definition) is 6. The van der Waals surface area contributed by atoms with Gasteiger partial charge in [0, 0.05) is 17.2 Å². The Labute approximate surface area is 182 Å². The third kappa shape index (κ3) is 3.44. The lowest BCUT2D eigenvalue weighted by atomic mass is 9.86. The number of hydrogen-bond acceptors (Lipinski definition) is 9. The van der Waals surface area contributed by atoms with E-state index in [9.17, 15) is 35.4 Å². The highest BCUT2D eigenvalue weighted by Crippen LogP contribution is 2.43. The summed E-state index contributed by atoms with van der Waals surface area (Å²) in [6.45, 7) is 2.69. The van der Waals surface area contributed by atoms with Gasteiger partial charge in [-0.1, -0.05) is 0 Å². The summed E-state index contributed by atoms with van der Waals surface area (Å²) in [6.07, 6.45) is -7.26. The second kappa shape index (κ2) is 8.19. The molecule has 32 heavy (non-hydrogen) atoms. The minimum absolute atomic E-state index is 0.0609. The molecule has 1 aliphatic heterocycles. The van der Waals surface area contributed by atoms with Crippen LogP contribution in [0.5, 0.6) is 11.5 Å². The van der Waals surface area contributed by atoms with E-state index in [1.165, 1.54) is 18.2 Å². The van der Waals surface area contributed by atoms with Crippen LogP contribution < -0.4 is 5.43 Å². The molecule has 0 radical (unpaired) electrons. The van der Waals surface area contributed by atoms with E-state index in [1.54, 1.807) is 26.0 Å². The molecule has 0 unspecified atom stereocenters. The fraction of sp³-hybridized carbons (Fsp3) is 0.348. The summed E-state index contributed by atoms with van der Waals surface area (Å²) in [6, 6.07) is 7.29. The molecule has 2 heterocycles. The van der Waals surface area contributed by atoms with Gasteiger partial charge in [-0.2, -0.15) is 0 Å². The minimum atomic E-state index is -1.63. The first-order valence-electron chi connectivity index (χ1n) is 10.1. The minimum Gasteiger partial charge on any atom is -0.508 e. The second-order valence-corrected chi connectivity index (χ2v) is 7.99. The lowest BCUT2D eigenvalue weighted by Gasteiger charge is -2.41. The van der Waals surface area contributed by atoms with Crippen molar-refractivity contribution >= 4 is 11.0 Å². The van der Waals surface area contributed by atoms with E-state index < -0.39 is 48.3 Å². The van der Waals surface area contributed by atoms with Crippen LogP contribution in [0.3, 0.4) is 0 Å². The Morgan fingerprint density at radius 3 is 2.22 bits per heavy atom. The molecule has 4 rings (SSSR count). The molecule has 170 valence electrons. The highest BCUT2D eigenvalue weighted by Gasteiger charge is 2.45. The van der Waals surface area contributed by atoms with Gasteiger partial charge in [0.25, 0.3) is 0 Å². The fourth-order valence-corrected chi connectivity index (χ4v) is 4.12. The first-order valence-corrected chi connectivity index (χ1v) is 10.1. The van der Waals surface area contributed by atoms with E-state index >= 15 is 0 Å². The van der Waals surface area contributed by atoms with Crippen molar-refractivity contribution in [1.82, 2.24) is 0 Å². The Morgan fingerprint density at radius 2 is 1.59 bits per heavy atom. The number of ether oxygens (including phenoxy) is 1. The quantitative estimate of drug-likeness (QED) is 0.346. The van der Waals surface area contributed by atoms with Gasteiger partial charge in [-0.15, -0.1) is 0 Å². The molecular weight excluding hydrogens is 420 g/mol. The van der Waals surface area contributed by atoms with Crippen molar-refractivity contribution in [2.24, 2.45) is 0 Å². The van der Waals surface area contributed by atoms with Gasteiger partial charge in [0.05, 0.1) is 6.61 Å². The van der Waals surface area contributed by atoms with E-state index in [0.717, 1.165) is 0 Å². The number of phenols is 2. The van der Waals surface area contributed by atoms with E-state index in [0.29, 0.717) is 16.7 Å². The van der Waals surface area contributed by atoms with Gasteiger partial charge >= 0.3 is 0 Å². The molecule has 9 heteroatoms. The molecule has 2 aromatic carbocycles. The summed E-state index contributed by atoms with van der Waals surface area (Å²) < 4.78 is 11.5. The lowest BCUT2D eigenvalue weighted by molar-refractivity contribution is -0.232. The molecule has 0 amide bonds. The Bertz CT molecular complexity index is 1210. The molecular formula is C23H24O9. The van der Waals surface area contributed by atoms with Gasteiger partial charge < -0.3 is 39.8 Å². The van der Waals surface area contributed by atoms with Crippen LogP contribution in [0.15, 0.2) is 39.5 Å². The van der Waals surface area contributed by atoms with Crippen LogP contribution in [0, 0.1) is 13.8 Å². The van der Waals surface area contributed by atoms with Crippen LogP contribution in [0.2, 0.25) is 0 Å². The van der Waals surface area contributed by atoms with Crippen molar-refractivity contribution < 1.29 is 39.8 Å². The van der Waals surface area contributed by atoms with Gasteiger partial charge in [0.2, 0.25) is 0 Å². The van der Waals surface area contributed by atoms with E-state index in [1.807, 2.05) is 0 Å². The van der Waals surface area contributed by atoms with Crippen molar-refractivity contribution in [1.29, 1.82) is 0 Å². The van der Waals surface area contributed by atoms with E-state index in [-0.39, 0.29) is 28.0 Å². The molecule has 6 N–H and O–H groups in total. The standard InChI is InChI=1S/C23H24O9/c1-9-10(2)22-17(13(26)7-14(31-22)11-3-5-12(25)6-4-11)19(28)16(9)23-21(30)20(29)18(27)15(8-24)32-23/h3-7,15,18,20-21,23-25,27-30H,8H2,1-2H3/t15-,18-,20+,21-,23+/m1/s1. The lowest BCUT2D eigenvalue weighted by Crippen LogP contribution is -2.55. The highest BCUT2D eigenvalue weighted by molar-refractivity contribution is 5.90. The summed E-state index contributed by atoms with van der Waals surface area (Å²) in [5.74, 6) is -0.172. The van der Waals surface area contributed by atoms with Crippen LogP contribution in [0.4, 0.5) is 0 Å². The number of rotatable bonds is 3. The number of aromatic hydroxyl groups is 2. The number of phenolic OH excluding ortho intramolecular Hbond substituents is 2. The second-order valence-electron chi connectivity index (χ2n) is 7.99. The molecule has 1 aromatic heterocycles. The molecule has 0 bridgehead atoms. The maximum atomic E-state index is 13.0. The molecule has 0 spiro atoms. The van der Waals surface area contributed by atoms with Gasteiger partial charge in [-0.25, -0.2) is 0 Å². The van der Waals surface area contributed by atoms with Crippen molar-refractivity contribution in [3.05, 3.63) is 57.2 Å². The fourth-order valence-electron chi connectivity index (χ4n) is 4.12. The number of aryl methyl sites for hydroxylation is 1. The number of fused-ring (bicyclic) bond motifs is 1. The molecule has 9 nitrogen and oxygen atoms in total. The van der Waals surface area contributed by atoms with Crippen LogP contribution in [0.25, 0.3) is 22.3 Å². The predicted molar refractivity (Wildman–Crippen MR) is 113 cm³/mol. The van der Waals surface area contributed by atoms with Crippen molar-refractivity contribution in [3.63, 3.8) is 0 Å². The third-order valence-electron chi connectivity index (χ3n) is 6.08. The molecule has 1 fully saturated rings. The van der Waals surface area contributed by atoms with E-state index in [4.69, 9.17) is 9.15 Å². The summed E-state index contributed by atoms with van der Waals surface area (Å²) >= 11 is 0. The maximum Gasteiger partial charge on any atom is 0.197 e. The van der Waals surface area contributed by atoms with Crippen molar-refractivity contribution in [2.75, 3.05) is 6.61 Å². The van der Waals surface area contributed by atoms with Crippen molar-refractivity contribution in [3.8, 4) is 22.8 Å².